The molecule has 0 aliphatic rings. The first kappa shape index (κ1) is 20.8. The molecular weight excluding hydrogens is 424 g/mol. The Morgan fingerprint density at radius 1 is 1.24 bits per heavy atom. The molecule has 0 saturated carbocycles. The van der Waals surface area contributed by atoms with Gasteiger partial charge in [-0.2, -0.15) is 0 Å². The fourth-order valence-corrected chi connectivity index (χ4v) is 3.30. The molecule has 0 unspecified atom stereocenters. The van der Waals surface area contributed by atoms with E-state index in [0.29, 0.717) is 16.5 Å². The molecule has 1 heterocycles. The van der Waals surface area contributed by atoms with Gasteiger partial charge in [-0.3, -0.25) is 14.2 Å². The van der Waals surface area contributed by atoms with Crippen LogP contribution in [0.2, 0.25) is 5.02 Å². The molecule has 0 bridgehead atoms. The van der Waals surface area contributed by atoms with Crippen molar-refractivity contribution in [3.05, 3.63) is 75.8 Å². The molecule has 3 rings (SSSR count). The van der Waals surface area contributed by atoms with Gasteiger partial charge in [-0.1, -0.05) is 23.4 Å². The van der Waals surface area contributed by atoms with E-state index in [1.807, 2.05) is 0 Å². The molecular formula is C19H14ClF2N3O3S. The van der Waals surface area contributed by atoms with Gasteiger partial charge in [-0.15, -0.1) is 0 Å². The van der Waals surface area contributed by atoms with Gasteiger partial charge in [0, 0.05) is 23.5 Å². The minimum atomic E-state index is -1.07. The summed E-state index contributed by atoms with van der Waals surface area (Å²) >= 11 is 6.84. The lowest BCUT2D eigenvalue weighted by Crippen LogP contribution is -2.22. The Morgan fingerprint density at radius 2 is 2.03 bits per heavy atom. The third-order valence-corrected chi connectivity index (χ3v) is 4.96. The average Bonchev–Trinajstić information content (AvgIpc) is 2.69. The van der Waals surface area contributed by atoms with Crippen LogP contribution in [-0.4, -0.2) is 28.3 Å². The van der Waals surface area contributed by atoms with Crippen LogP contribution in [0.15, 0.2) is 58.6 Å². The summed E-state index contributed by atoms with van der Waals surface area (Å²) in [5.41, 5.74) is -0.0197. The lowest BCUT2D eigenvalue weighted by atomic mass is 10.3. The number of benzene rings is 2. The summed E-state index contributed by atoms with van der Waals surface area (Å²) in [4.78, 5) is 28.8. The number of carbonyl (C=O) groups is 1. The standard InChI is InChI=1S/C19H14ClF2N3O3S/c1-28-16-5-2-11(20)8-15(16)24-17(26)10-29-18-19(27)25(7-6-23-18)12-3-4-13(21)14(22)9-12/h2-9H,10H2,1H3,(H,24,26). The van der Waals surface area contributed by atoms with Gasteiger partial charge >= 0.3 is 0 Å². The summed E-state index contributed by atoms with van der Waals surface area (Å²) in [6.45, 7) is 0. The number of methoxy groups -OCH3 is 1. The summed E-state index contributed by atoms with van der Waals surface area (Å²) in [5.74, 6) is -2.17. The quantitative estimate of drug-likeness (QED) is 0.592. The number of amides is 1. The van der Waals surface area contributed by atoms with Crippen molar-refractivity contribution in [2.75, 3.05) is 18.2 Å². The SMILES string of the molecule is COc1ccc(Cl)cc1NC(=O)CSc1nccn(-c2ccc(F)c(F)c2)c1=O. The van der Waals surface area contributed by atoms with E-state index in [-0.39, 0.29) is 16.5 Å². The van der Waals surface area contributed by atoms with E-state index in [1.165, 1.54) is 25.6 Å². The third kappa shape index (κ3) is 4.93. The molecule has 0 fully saturated rings. The van der Waals surface area contributed by atoms with Crippen LogP contribution < -0.4 is 15.6 Å². The van der Waals surface area contributed by atoms with Gasteiger partial charge in [0.05, 0.1) is 24.2 Å². The van der Waals surface area contributed by atoms with E-state index in [4.69, 9.17) is 16.3 Å². The number of nitrogens with one attached hydrogen (secondary N) is 1. The molecule has 3 aromatic rings. The Bertz CT molecular complexity index is 1120. The molecule has 0 spiro atoms. The number of hydrogen-bond acceptors (Lipinski definition) is 5. The van der Waals surface area contributed by atoms with Crippen LogP contribution in [0.5, 0.6) is 5.75 Å². The molecule has 10 heteroatoms. The normalized spacial score (nSPS) is 10.6. The van der Waals surface area contributed by atoms with Crippen molar-refractivity contribution in [1.29, 1.82) is 0 Å². The summed E-state index contributed by atoms with van der Waals surface area (Å²) in [6, 6.07) is 7.88. The monoisotopic (exact) mass is 437 g/mol. The van der Waals surface area contributed by atoms with Crippen LogP contribution >= 0.6 is 23.4 Å². The van der Waals surface area contributed by atoms with E-state index < -0.39 is 23.1 Å². The lowest BCUT2D eigenvalue weighted by molar-refractivity contribution is -0.113. The van der Waals surface area contributed by atoms with Crippen LogP contribution in [0.3, 0.4) is 0 Å². The van der Waals surface area contributed by atoms with Crippen molar-refractivity contribution in [3.8, 4) is 11.4 Å². The Hall–Kier alpha value is -2.91. The number of carbonyl (C=O) groups excluding carboxylic acids is 1. The Kier molecular flexibility index (Phi) is 6.50. The lowest BCUT2D eigenvalue weighted by Gasteiger charge is -2.10. The molecule has 0 saturated heterocycles. The van der Waals surface area contributed by atoms with E-state index in [0.717, 1.165) is 28.5 Å². The first-order valence-electron chi connectivity index (χ1n) is 8.18. The first-order valence-corrected chi connectivity index (χ1v) is 9.54. The van der Waals surface area contributed by atoms with Gasteiger partial charge in [0.1, 0.15) is 5.75 Å². The largest absolute Gasteiger partial charge is 0.495 e. The van der Waals surface area contributed by atoms with Crippen LogP contribution in [0.1, 0.15) is 0 Å². The number of anilines is 1. The molecule has 0 aliphatic carbocycles. The van der Waals surface area contributed by atoms with Gasteiger partial charge in [-0.25, -0.2) is 13.8 Å². The smallest absolute Gasteiger partial charge is 0.287 e. The van der Waals surface area contributed by atoms with E-state index in [1.54, 1.807) is 18.2 Å². The predicted molar refractivity (Wildman–Crippen MR) is 107 cm³/mol. The molecule has 1 aromatic heterocycles. The fraction of sp³-hybridized carbons (Fsp3) is 0.105. The fourth-order valence-electron chi connectivity index (χ4n) is 2.43. The van der Waals surface area contributed by atoms with Crippen molar-refractivity contribution in [2.24, 2.45) is 0 Å². The average molecular weight is 438 g/mol. The number of thioether (sulfide) groups is 1. The maximum atomic E-state index is 13.5. The number of rotatable bonds is 6. The first-order chi connectivity index (χ1) is 13.9. The van der Waals surface area contributed by atoms with Crippen LogP contribution in [-0.2, 0) is 4.79 Å². The van der Waals surface area contributed by atoms with Crippen molar-refractivity contribution >= 4 is 35.0 Å². The molecule has 6 nitrogen and oxygen atoms in total. The molecule has 1 N–H and O–H groups in total. The minimum absolute atomic E-state index is 0.0328. The maximum Gasteiger partial charge on any atom is 0.287 e. The highest BCUT2D eigenvalue weighted by molar-refractivity contribution is 7.99. The van der Waals surface area contributed by atoms with Crippen LogP contribution in [0.4, 0.5) is 14.5 Å². The Labute approximate surface area is 173 Å². The summed E-state index contributed by atoms with van der Waals surface area (Å²) in [5, 5.41) is 3.11. The second-order valence-corrected chi connectivity index (χ2v) is 7.09. The zero-order chi connectivity index (χ0) is 21.0. The highest BCUT2D eigenvalue weighted by Gasteiger charge is 2.13. The van der Waals surface area contributed by atoms with E-state index in [2.05, 4.69) is 10.3 Å². The van der Waals surface area contributed by atoms with Gasteiger partial charge < -0.3 is 10.1 Å². The van der Waals surface area contributed by atoms with Crippen molar-refractivity contribution in [3.63, 3.8) is 0 Å². The maximum absolute atomic E-state index is 13.5. The number of ether oxygens (including phenoxy) is 1. The molecule has 2 aromatic carbocycles. The molecule has 0 aliphatic heterocycles. The topological polar surface area (TPSA) is 73.2 Å². The summed E-state index contributed by atoms with van der Waals surface area (Å²) in [7, 11) is 1.46. The molecule has 150 valence electrons. The zero-order valence-corrected chi connectivity index (χ0v) is 16.6. The Morgan fingerprint density at radius 3 is 2.76 bits per heavy atom. The molecule has 1 amide bonds. The Balaban J connectivity index is 1.74. The molecule has 0 radical (unpaired) electrons. The van der Waals surface area contributed by atoms with Crippen molar-refractivity contribution in [2.45, 2.75) is 5.03 Å². The predicted octanol–water partition coefficient (Wildman–Crippen LogP) is 3.90. The van der Waals surface area contributed by atoms with Gasteiger partial charge in [0.2, 0.25) is 5.91 Å². The van der Waals surface area contributed by atoms with Crippen molar-refractivity contribution in [1.82, 2.24) is 9.55 Å². The highest BCUT2D eigenvalue weighted by atomic mass is 35.5. The highest BCUT2D eigenvalue weighted by Crippen LogP contribution is 2.28. The zero-order valence-electron chi connectivity index (χ0n) is 15.0. The van der Waals surface area contributed by atoms with Gasteiger partial charge in [0.15, 0.2) is 16.7 Å². The molecule has 0 atom stereocenters. The summed E-state index contributed by atoms with van der Waals surface area (Å²) < 4.78 is 32.9. The minimum Gasteiger partial charge on any atom is -0.495 e. The van der Waals surface area contributed by atoms with E-state index in [9.17, 15) is 18.4 Å². The number of aromatic nitrogens is 2. The third-order valence-electron chi connectivity index (χ3n) is 3.77. The molecule has 29 heavy (non-hydrogen) atoms. The van der Waals surface area contributed by atoms with E-state index >= 15 is 0 Å². The van der Waals surface area contributed by atoms with Crippen LogP contribution in [0.25, 0.3) is 5.69 Å². The number of nitrogens with zero attached hydrogens (tertiary/aromatic N) is 2. The number of halogens is 3. The second kappa shape index (κ2) is 9.06. The van der Waals surface area contributed by atoms with Gasteiger partial charge in [0.25, 0.3) is 5.56 Å². The van der Waals surface area contributed by atoms with Gasteiger partial charge in [-0.05, 0) is 30.3 Å². The second-order valence-electron chi connectivity index (χ2n) is 5.69. The van der Waals surface area contributed by atoms with Crippen LogP contribution in [0, 0.1) is 11.6 Å². The summed E-state index contributed by atoms with van der Waals surface area (Å²) in [6.07, 6.45) is 2.67. The number of hydrogen-bond donors (Lipinski definition) is 1. The van der Waals surface area contributed by atoms with Crippen molar-refractivity contribution < 1.29 is 18.3 Å².